The van der Waals surface area contributed by atoms with Gasteiger partial charge in [-0.3, -0.25) is 9.59 Å². The lowest BCUT2D eigenvalue weighted by Gasteiger charge is -2.49. The van der Waals surface area contributed by atoms with Crippen molar-refractivity contribution in [3.05, 3.63) is 34.9 Å². The second-order valence-corrected chi connectivity index (χ2v) is 10.1. The molecule has 2 aliphatic rings. The lowest BCUT2D eigenvalue weighted by molar-refractivity contribution is -0.192. The molecule has 0 spiro atoms. The summed E-state index contributed by atoms with van der Waals surface area (Å²) in [5.41, 5.74) is -2.75. The van der Waals surface area contributed by atoms with Gasteiger partial charge in [0.05, 0.1) is 6.54 Å². The molecule has 1 aromatic rings. The molecular formula is C23H31ClF2N2O4. The van der Waals surface area contributed by atoms with Gasteiger partial charge in [-0.15, -0.1) is 0 Å². The van der Waals surface area contributed by atoms with Crippen LogP contribution in [0.3, 0.4) is 0 Å². The first kappa shape index (κ1) is 24.9. The minimum absolute atomic E-state index is 0.0843. The van der Waals surface area contributed by atoms with Gasteiger partial charge in [-0.2, -0.15) is 0 Å². The summed E-state index contributed by atoms with van der Waals surface area (Å²) in [4.78, 5) is 27.2. The molecule has 4 atom stereocenters. The summed E-state index contributed by atoms with van der Waals surface area (Å²) < 4.78 is 27.0. The van der Waals surface area contributed by atoms with Crippen LogP contribution in [0.5, 0.6) is 0 Å². The Kier molecular flexibility index (Phi) is 6.90. The number of hydrogen-bond acceptors (Lipinski definition) is 4. The van der Waals surface area contributed by atoms with Gasteiger partial charge < -0.3 is 20.4 Å². The molecule has 2 unspecified atom stereocenters. The predicted molar refractivity (Wildman–Crippen MR) is 116 cm³/mol. The number of benzene rings is 1. The van der Waals surface area contributed by atoms with Gasteiger partial charge in [-0.05, 0) is 37.0 Å². The Morgan fingerprint density at radius 1 is 1.19 bits per heavy atom. The Morgan fingerprint density at radius 3 is 2.31 bits per heavy atom. The maximum absolute atomic E-state index is 13.5. The number of hydrogen-bond donors (Lipinski definition) is 3. The van der Waals surface area contributed by atoms with Crippen LogP contribution in [0.15, 0.2) is 24.3 Å². The molecule has 3 N–H and O–H groups in total. The van der Waals surface area contributed by atoms with Crippen molar-refractivity contribution in [3.8, 4) is 0 Å². The van der Waals surface area contributed by atoms with E-state index in [1.165, 1.54) is 11.8 Å². The van der Waals surface area contributed by atoms with Crippen LogP contribution in [0.4, 0.5) is 8.78 Å². The molecule has 0 bridgehead atoms. The standard InChI is InChI=1S/C23H31ClF2N2O4/c1-14(2)18(27-19(29)15-8-9-22(25,26)12-15)20(30)28-11-10-23(32,21(3,31)13-28)16-4-6-17(24)7-5-16/h4-7,14-15,18,31-32H,8-13H2,1-3H3,(H,27,29)/t15?,18?,21-,23-/m0/s1. The van der Waals surface area contributed by atoms with E-state index in [2.05, 4.69) is 5.32 Å². The van der Waals surface area contributed by atoms with Crippen LogP contribution in [0.1, 0.15) is 52.0 Å². The molecule has 1 heterocycles. The highest BCUT2D eigenvalue weighted by molar-refractivity contribution is 6.30. The van der Waals surface area contributed by atoms with Crippen LogP contribution in [-0.4, -0.2) is 57.6 Å². The van der Waals surface area contributed by atoms with Gasteiger partial charge in [-0.25, -0.2) is 8.78 Å². The number of likely N-dealkylation sites (tertiary alicyclic amines) is 1. The first-order valence-electron chi connectivity index (χ1n) is 10.9. The normalized spacial score (nSPS) is 30.9. The quantitative estimate of drug-likeness (QED) is 0.614. The zero-order valence-corrected chi connectivity index (χ0v) is 19.3. The molecule has 1 aliphatic heterocycles. The molecule has 0 aromatic heterocycles. The Hall–Kier alpha value is -1.77. The second kappa shape index (κ2) is 8.88. The number of amides is 2. The highest BCUT2D eigenvalue weighted by atomic mass is 35.5. The van der Waals surface area contributed by atoms with Gasteiger partial charge in [0.1, 0.15) is 17.2 Å². The summed E-state index contributed by atoms with van der Waals surface area (Å²) in [5, 5.41) is 25.6. The number of nitrogens with one attached hydrogen (secondary N) is 1. The highest BCUT2D eigenvalue weighted by Gasteiger charge is 2.52. The van der Waals surface area contributed by atoms with Crippen LogP contribution in [0.2, 0.25) is 5.02 Å². The van der Waals surface area contributed by atoms with E-state index >= 15 is 0 Å². The number of carbonyl (C=O) groups excluding carboxylic acids is 2. The van der Waals surface area contributed by atoms with Gasteiger partial charge in [0.25, 0.3) is 0 Å². The highest BCUT2D eigenvalue weighted by Crippen LogP contribution is 2.41. The molecule has 1 aromatic carbocycles. The molecule has 2 amide bonds. The number of piperidine rings is 1. The second-order valence-electron chi connectivity index (χ2n) is 9.68. The number of rotatable bonds is 5. The van der Waals surface area contributed by atoms with E-state index in [1.807, 2.05) is 0 Å². The van der Waals surface area contributed by atoms with Crippen molar-refractivity contribution in [1.29, 1.82) is 0 Å². The van der Waals surface area contributed by atoms with E-state index < -0.39 is 47.3 Å². The molecule has 1 saturated heterocycles. The maximum Gasteiger partial charge on any atom is 0.248 e. The van der Waals surface area contributed by atoms with E-state index in [-0.39, 0.29) is 38.3 Å². The zero-order valence-electron chi connectivity index (χ0n) is 18.6. The van der Waals surface area contributed by atoms with Gasteiger partial charge in [0.2, 0.25) is 17.7 Å². The molecule has 2 fully saturated rings. The van der Waals surface area contributed by atoms with Crippen LogP contribution < -0.4 is 5.32 Å². The first-order chi connectivity index (χ1) is 14.8. The van der Waals surface area contributed by atoms with Crippen molar-refractivity contribution in [2.75, 3.05) is 13.1 Å². The molecule has 178 valence electrons. The van der Waals surface area contributed by atoms with E-state index in [1.54, 1.807) is 38.1 Å². The minimum Gasteiger partial charge on any atom is -0.385 e. The van der Waals surface area contributed by atoms with Crippen LogP contribution in [0, 0.1) is 11.8 Å². The van der Waals surface area contributed by atoms with Crippen LogP contribution in [-0.2, 0) is 15.2 Å². The Labute approximate surface area is 191 Å². The number of carbonyl (C=O) groups is 2. The van der Waals surface area contributed by atoms with Crippen molar-refractivity contribution in [2.45, 2.75) is 69.6 Å². The average molecular weight is 473 g/mol. The summed E-state index contributed by atoms with van der Waals surface area (Å²) in [6, 6.07) is 5.62. The van der Waals surface area contributed by atoms with E-state index in [4.69, 9.17) is 11.6 Å². The van der Waals surface area contributed by atoms with Crippen molar-refractivity contribution < 1.29 is 28.6 Å². The topological polar surface area (TPSA) is 89.9 Å². The van der Waals surface area contributed by atoms with Crippen LogP contribution in [0.25, 0.3) is 0 Å². The third-order valence-corrected chi connectivity index (χ3v) is 7.02. The maximum atomic E-state index is 13.5. The van der Waals surface area contributed by atoms with E-state index in [0.29, 0.717) is 10.6 Å². The van der Waals surface area contributed by atoms with Crippen molar-refractivity contribution in [3.63, 3.8) is 0 Å². The third kappa shape index (κ3) is 4.92. The first-order valence-corrected chi connectivity index (χ1v) is 11.3. The van der Waals surface area contributed by atoms with Gasteiger partial charge >= 0.3 is 0 Å². The molecule has 6 nitrogen and oxygen atoms in total. The largest absolute Gasteiger partial charge is 0.385 e. The predicted octanol–water partition coefficient (Wildman–Crippen LogP) is 3.09. The smallest absolute Gasteiger partial charge is 0.248 e. The van der Waals surface area contributed by atoms with Gasteiger partial charge in [-0.1, -0.05) is 37.6 Å². The lowest BCUT2D eigenvalue weighted by Crippen LogP contribution is -2.64. The van der Waals surface area contributed by atoms with Crippen molar-refractivity contribution >= 4 is 23.4 Å². The summed E-state index contributed by atoms with van der Waals surface area (Å²) in [6.45, 7) is 5.00. The van der Waals surface area contributed by atoms with Gasteiger partial charge in [0, 0.05) is 36.7 Å². The molecule has 1 saturated carbocycles. The molecule has 3 rings (SSSR count). The summed E-state index contributed by atoms with van der Waals surface area (Å²) in [5.74, 6) is -4.90. The SMILES string of the molecule is CC(C)C(NC(=O)C1CCC(F)(F)C1)C(=O)N1CC[C@](O)(c2ccc(Cl)cc2)[C@@](C)(O)C1. The Bertz CT molecular complexity index is 862. The van der Waals surface area contributed by atoms with Crippen LogP contribution >= 0.6 is 11.6 Å². The third-order valence-electron chi connectivity index (χ3n) is 6.77. The van der Waals surface area contributed by atoms with E-state index in [9.17, 15) is 28.6 Å². The number of aliphatic hydroxyl groups is 2. The molecule has 9 heteroatoms. The summed E-state index contributed by atoms with van der Waals surface area (Å²) >= 11 is 5.93. The van der Waals surface area contributed by atoms with E-state index in [0.717, 1.165) is 0 Å². The van der Waals surface area contributed by atoms with Crippen molar-refractivity contribution in [2.24, 2.45) is 11.8 Å². The fourth-order valence-corrected chi connectivity index (χ4v) is 4.80. The summed E-state index contributed by atoms with van der Waals surface area (Å²) in [6.07, 6.45) is -0.667. The number of alkyl halides is 2. The molecule has 1 aliphatic carbocycles. The monoisotopic (exact) mass is 472 g/mol. The minimum atomic E-state index is -2.85. The van der Waals surface area contributed by atoms with Crippen molar-refractivity contribution in [1.82, 2.24) is 10.2 Å². The van der Waals surface area contributed by atoms with Gasteiger partial charge in [0.15, 0.2) is 0 Å². The molecular weight excluding hydrogens is 442 g/mol. The number of β-amino-alcohol motifs (C(OH)–C–C–N with tert-alkyl or cyclic N) is 1. The number of nitrogens with zero attached hydrogens (tertiary/aromatic N) is 1. The number of halogens is 3. The summed E-state index contributed by atoms with van der Waals surface area (Å²) in [7, 11) is 0. The average Bonchev–Trinajstić information content (AvgIpc) is 3.07. The fourth-order valence-electron chi connectivity index (χ4n) is 4.67. The fraction of sp³-hybridized carbons (Fsp3) is 0.652. The Balaban J connectivity index is 1.72. The Morgan fingerprint density at radius 2 is 1.81 bits per heavy atom. The zero-order chi connectivity index (χ0) is 23.9. The molecule has 0 radical (unpaired) electrons. The molecule has 32 heavy (non-hydrogen) atoms. The lowest BCUT2D eigenvalue weighted by atomic mass is 9.73.